The number of aromatic nitrogens is 2. The molecule has 0 bridgehead atoms. The Morgan fingerprint density at radius 1 is 1.29 bits per heavy atom. The van der Waals surface area contributed by atoms with Crippen molar-refractivity contribution in [3.63, 3.8) is 0 Å². The average molecular weight is 235 g/mol. The van der Waals surface area contributed by atoms with Crippen LogP contribution < -0.4 is 16.6 Å². The van der Waals surface area contributed by atoms with E-state index in [1.54, 1.807) is 0 Å². The maximum Gasteiger partial charge on any atom is 0.145 e. The zero-order valence-electron chi connectivity index (χ0n) is 10.5. The number of nitrogen functional groups attached to an aromatic ring is 1. The van der Waals surface area contributed by atoms with Crippen molar-refractivity contribution in [3.05, 3.63) is 11.9 Å². The number of rotatable bonds is 6. The van der Waals surface area contributed by atoms with Crippen molar-refractivity contribution in [2.45, 2.75) is 51.5 Å². The molecule has 0 radical (unpaired) electrons. The predicted molar refractivity (Wildman–Crippen MR) is 69.8 cm³/mol. The predicted octanol–water partition coefficient (Wildman–Crippen LogP) is 2.24. The SMILES string of the molecule is CCC(CC)Nc1cc(NN)nc(C2CC2)n1. The van der Waals surface area contributed by atoms with Gasteiger partial charge in [0.25, 0.3) is 0 Å². The average Bonchev–Trinajstić information content (AvgIpc) is 3.19. The topological polar surface area (TPSA) is 75.9 Å². The Morgan fingerprint density at radius 3 is 2.47 bits per heavy atom. The Kier molecular flexibility index (Phi) is 3.78. The third kappa shape index (κ3) is 3.06. The minimum atomic E-state index is 0.461. The van der Waals surface area contributed by atoms with Gasteiger partial charge in [-0.05, 0) is 25.7 Å². The Morgan fingerprint density at radius 2 is 1.94 bits per heavy atom. The van der Waals surface area contributed by atoms with Crippen LogP contribution in [0.5, 0.6) is 0 Å². The highest BCUT2D eigenvalue weighted by atomic mass is 15.3. The van der Waals surface area contributed by atoms with Crippen LogP contribution in [0.15, 0.2) is 6.07 Å². The zero-order chi connectivity index (χ0) is 12.3. The maximum atomic E-state index is 5.44. The van der Waals surface area contributed by atoms with Crippen LogP contribution in [-0.4, -0.2) is 16.0 Å². The van der Waals surface area contributed by atoms with Crippen LogP contribution in [0.1, 0.15) is 51.3 Å². The number of nitrogens with one attached hydrogen (secondary N) is 2. The van der Waals surface area contributed by atoms with E-state index in [1.807, 2.05) is 6.07 Å². The van der Waals surface area contributed by atoms with Crippen molar-refractivity contribution in [1.29, 1.82) is 0 Å². The summed E-state index contributed by atoms with van der Waals surface area (Å²) in [6.45, 7) is 4.35. The molecule has 2 rings (SSSR count). The van der Waals surface area contributed by atoms with E-state index in [0.29, 0.717) is 17.8 Å². The highest BCUT2D eigenvalue weighted by Crippen LogP contribution is 2.38. The molecule has 5 heteroatoms. The summed E-state index contributed by atoms with van der Waals surface area (Å²) in [6.07, 6.45) is 4.56. The van der Waals surface area contributed by atoms with Gasteiger partial charge in [0.2, 0.25) is 0 Å². The second-order valence-electron chi connectivity index (χ2n) is 4.57. The molecular weight excluding hydrogens is 214 g/mol. The molecule has 0 aromatic carbocycles. The third-order valence-corrected chi connectivity index (χ3v) is 3.17. The first-order chi connectivity index (χ1) is 8.26. The lowest BCUT2D eigenvalue weighted by atomic mass is 10.2. The van der Waals surface area contributed by atoms with Crippen LogP contribution >= 0.6 is 0 Å². The molecule has 1 aromatic heterocycles. The Bertz CT molecular complexity index is 371. The summed E-state index contributed by atoms with van der Waals surface area (Å²) in [5.41, 5.74) is 2.61. The third-order valence-electron chi connectivity index (χ3n) is 3.17. The zero-order valence-corrected chi connectivity index (χ0v) is 10.5. The Labute approximate surface area is 102 Å². The molecule has 1 fully saturated rings. The van der Waals surface area contributed by atoms with Crippen molar-refractivity contribution >= 4 is 11.6 Å². The van der Waals surface area contributed by atoms with Gasteiger partial charge < -0.3 is 10.7 Å². The van der Waals surface area contributed by atoms with Crippen molar-refractivity contribution in [2.24, 2.45) is 5.84 Å². The lowest BCUT2D eigenvalue weighted by molar-refractivity contribution is 0.667. The molecular formula is C12H21N5. The van der Waals surface area contributed by atoms with Gasteiger partial charge in [-0.25, -0.2) is 15.8 Å². The molecule has 1 aromatic rings. The van der Waals surface area contributed by atoms with Gasteiger partial charge in [-0.1, -0.05) is 13.8 Å². The van der Waals surface area contributed by atoms with Crippen molar-refractivity contribution in [3.8, 4) is 0 Å². The Hall–Kier alpha value is -1.36. The van der Waals surface area contributed by atoms with Crippen LogP contribution in [0.2, 0.25) is 0 Å². The van der Waals surface area contributed by atoms with Crippen molar-refractivity contribution in [1.82, 2.24) is 9.97 Å². The quantitative estimate of drug-likeness (QED) is 0.521. The van der Waals surface area contributed by atoms with Crippen LogP contribution in [0, 0.1) is 0 Å². The fourth-order valence-electron chi connectivity index (χ4n) is 1.84. The monoisotopic (exact) mass is 235 g/mol. The van der Waals surface area contributed by atoms with E-state index in [4.69, 9.17) is 5.84 Å². The maximum absolute atomic E-state index is 5.44. The highest BCUT2D eigenvalue weighted by Gasteiger charge is 2.27. The molecule has 4 N–H and O–H groups in total. The van der Waals surface area contributed by atoms with Gasteiger partial charge in [-0.2, -0.15) is 0 Å². The summed E-state index contributed by atoms with van der Waals surface area (Å²) in [6, 6.07) is 2.33. The summed E-state index contributed by atoms with van der Waals surface area (Å²) in [7, 11) is 0. The first kappa shape index (κ1) is 12.1. The van der Waals surface area contributed by atoms with Crippen molar-refractivity contribution < 1.29 is 0 Å². The number of nitrogens with zero attached hydrogens (tertiary/aromatic N) is 2. The molecule has 5 nitrogen and oxygen atoms in total. The van der Waals surface area contributed by atoms with E-state index in [1.165, 1.54) is 12.8 Å². The van der Waals surface area contributed by atoms with Gasteiger partial charge in [0, 0.05) is 18.0 Å². The summed E-state index contributed by atoms with van der Waals surface area (Å²) in [5, 5.41) is 3.43. The molecule has 0 atom stereocenters. The molecule has 1 saturated carbocycles. The molecule has 0 saturated heterocycles. The first-order valence-electron chi connectivity index (χ1n) is 6.39. The molecule has 94 valence electrons. The van der Waals surface area contributed by atoms with Crippen LogP contribution in [0.3, 0.4) is 0 Å². The normalized spacial score (nSPS) is 15.1. The number of hydrogen-bond acceptors (Lipinski definition) is 5. The molecule has 17 heavy (non-hydrogen) atoms. The van der Waals surface area contributed by atoms with E-state index in [0.717, 1.165) is 24.5 Å². The van der Waals surface area contributed by atoms with Crippen LogP contribution in [0.4, 0.5) is 11.6 Å². The molecule has 0 unspecified atom stereocenters. The van der Waals surface area contributed by atoms with Gasteiger partial charge >= 0.3 is 0 Å². The van der Waals surface area contributed by atoms with E-state index < -0.39 is 0 Å². The lowest BCUT2D eigenvalue weighted by Crippen LogP contribution is -2.19. The summed E-state index contributed by atoms with van der Waals surface area (Å²) in [5.74, 6) is 8.45. The largest absolute Gasteiger partial charge is 0.367 e. The van der Waals surface area contributed by atoms with E-state index in [-0.39, 0.29) is 0 Å². The number of nitrogens with two attached hydrogens (primary N) is 1. The van der Waals surface area contributed by atoms with Gasteiger partial charge in [-0.15, -0.1) is 0 Å². The molecule has 1 aliphatic rings. The fourth-order valence-corrected chi connectivity index (χ4v) is 1.84. The van der Waals surface area contributed by atoms with Gasteiger partial charge in [0.05, 0.1) is 0 Å². The van der Waals surface area contributed by atoms with Crippen molar-refractivity contribution in [2.75, 3.05) is 10.7 Å². The molecule has 0 amide bonds. The first-order valence-corrected chi connectivity index (χ1v) is 6.39. The number of anilines is 2. The smallest absolute Gasteiger partial charge is 0.145 e. The standard InChI is InChI=1S/C12H21N5/c1-3-9(4-2)14-10-7-11(17-13)16-12(15-10)8-5-6-8/h7-9H,3-6,13H2,1-2H3,(H2,14,15,16,17). The van der Waals surface area contributed by atoms with Gasteiger partial charge in [-0.3, -0.25) is 0 Å². The second-order valence-corrected chi connectivity index (χ2v) is 4.57. The summed E-state index contributed by atoms with van der Waals surface area (Å²) in [4.78, 5) is 8.95. The minimum absolute atomic E-state index is 0.461. The fraction of sp³-hybridized carbons (Fsp3) is 0.667. The summed E-state index contributed by atoms with van der Waals surface area (Å²) >= 11 is 0. The molecule has 1 aliphatic carbocycles. The van der Waals surface area contributed by atoms with Crippen LogP contribution in [0.25, 0.3) is 0 Å². The Balaban J connectivity index is 2.16. The van der Waals surface area contributed by atoms with Gasteiger partial charge in [0.1, 0.15) is 17.5 Å². The molecule has 0 spiro atoms. The molecule has 1 heterocycles. The van der Waals surface area contributed by atoms with Crippen LogP contribution in [-0.2, 0) is 0 Å². The lowest BCUT2D eigenvalue weighted by Gasteiger charge is -2.16. The minimum Gasteiger partial charge on any atom is -0.367 e. The van der Waals surface area contributed by atoms with Gasteiger partial charge in [0.15, 0.2) is 0 Å². The van der Waals surface area contributed by atoms with E-state index in [2.05, 4.69) is 34.6 Å². The number of hydrazine groups is 1. The van der Waals surface area contributed by atoms with E-state index >= 15 is 0 Å². The second kappa shape index (κ2) is 5.31. The summed E-state index contributed by atoms with van der Waals surface area (Å²) < 4.78 is 0. The van der Waals surface area contributed by atoms with E-state index in [9.17, 15) is 0 Å². The highest BCUT2D eigenvalue weighted by molar-refractivity contribution is 5.48. The number of hydrogen-bond donors (Lipinski definition) is 3. The molecule has 0 aliphatic heterocycles.